The minimum absolute atomic E-state index is 0.271. The molecule has 72 heavy (non-hydrogen) atoms. The van der Waals surface area contributed by atoms with E-state index >= 15 is 0 Å². The minimum atomic E-state index is -4.02. The molecule has 0 amide bonds. The molecule has 0 aromatic heterocycles. The van der Waals surface area contributed by atoms with Crippen LogP contribution in [0.25, 0.3) is 0 Å². The van der Waals surface area contributed by atoms with E-state index in [2.05, 4.69) is 20.8 Å². The van der Waals surface area contributed by atoms with Gasteiger partial charge in [0, 0.05) is 19.3 Å². The van der Waals surface area contributed by atoms with Crippen LogP contribution in [0.3, 0.4) is 0 Å². The summed E-state index contributed by atoms with van der Waals surface area (Å²) < 4.78 is 130. The van der Waals surface area contributed by atoms with Crippen molar-refractivity contribution in [1.29, 1.82) is 0 Å². The Balaban J connectivity index is 1.10. The molecule has 3 aliphatic heterocycles. The highest BCUT2D eigenvalue weighted by Crippen LogP contribution is 2.35. The fourth-order valence-corrected chi connectivity index (χ4v) is 10.6. The fourth-order valence-electron chi connectivity index (χ4n) is 8.88. The molecule has 0 radical (unpaired) electrons. The average molecular weight is 1050 g/mol. The summed E-state index contributed by atoms with van der Waals surface area (Å²) in [7, 11) is -12.1. The first-order valence-corrected chi connectivity index (χ1v) is 28.8. The number of aliphatic imine (C=N–C) groups is 3. The van der Waals surface area contributed by atoms with Crippen molar-refractivity contribution in [3.8, 4) is 17.2 Å². The van der Waals surface area contributed by atoms with Gasteiger partial charge in [-0.3, -0.25) is 13.7 Å². The Labute approximate surface area is 422 Å². The standard InChI is InChI=1S/C51H63N3O15S3/c1-34-43(28-49-52-46(31-67-49)37-13-10-16-40(25-37)64-19-4-7-22-70(55,56)57)35(2)45(30-51-54-48(33-69-51)39-15-12-18-42(27-39)66-21-6-9-24-72(61,62)63)36(3)44(34)29-50-53-47(32-68-50)38-14-11-17-41(26-38)65-20-5-8-23-71(58,59)60/h10-18,25-27,46-48H,4-9,19-24,28-33H2,1-3H3,(H,55,56,57)(H,58,59,60)(H,61,62,63)/t46-,47-,48-/m1/s1. The molecule has 0 bridgehead atoms. The molecule has 0 unspecified atom stereocenters. The normalized spacial score (nSPS) is 17.9. The second kappa shape index (κ2) is 24.4. The van der Waals surface area contributed by atoms with Gasteiger partial charge in [0.2, 0.25) is 0 Å². The van der Waals surface area contributed by atoms with Crippen molar-refractivity contribution in [2.45, 2.75) is 96.7 Å². The predicted molar refractivity (Wildman–Crippen MR) is 273 cm³/mol. The van der Waals surface area contributed by atoms with E-state index in [9.17, 15) is 25.3 Å². The molecule has 0 saturated heterocycles. The third kappa shape index (κ3) is 16.2. The topological polar surface area (TPSA) is 256 Å². The largest absolute Gasteiger partial charge is 0.494 e. The number of ether oxygens (including phenoxy) is 6. The predicted octanol–water partition coefficient (Wildman–Crippen LogP) is 7.89. The summed E-state index contributed by atoms with van der Waals surface area (Å²) in [6, 6.07) is 22.0. The fraction of sp³-hybridized carbons (Fsp3) is 0.471. The Morgan fingerprint density at radius 2 is 0.736 bits per heavy atom. The monoisotopic (exact) mass is 1050 g/mol. The maximum absolute atomic E-state index is 11.1. The summed E-state index contributed by atoms with van der Waals surface area (Å²) in [6.45, 7) is 8.22. The van der Waals surface area contributed by atoms with Crippen LogP contribution in [0.15, 0.2) is 87.8 Å². The molecule has 3 N–H and O–H groups in total. The van der Waals surface area contributed by atoms with Gasteiger partial charge in [-0.2, -0.15) is 25.3 Å². The SMILES string of the molecule is Cc1c(CC2=N[C@@H](c3cccc(OCCCCS(=O)(=O)O)c3)CO2)c(C)c(CC2=N[C@@H](c3cccc(OCCCCS(=O)(=O)O)c3)CO2)c(C)c1CC1=N[C@@H](c2cccc(OCCCCS(=O)(=O)O)c2)CO1. The van der Waals surface area contributed by atoms with Crippen LogP contribution in [0.4, 0.5) is 0 Å². The molecule has 3 aliphatic rings. The number of benzene rings is 4. The van der Waals surface area contributed by atoms with Crippen LogP contribution in [0.5, 0.6) is 17.2 Å². The van der Waals surface area contributed by atoms with E-state index in [1.807, 2.05) is 72.8 Å². The van der Waals surface area contributed by atoms with E-state index in [0.29, 0.717) is 113 Å². The van der Waals surface area contributed by atoms with Gasteiger partial charge in [0.25, 0.3) is 30.4 Å². The van der Waals surface area contributed by atoms with Crippen molar-refractivity contribution >= 4 is 48.0 Å². The van der Waals surface area contributed by atoms with Gasteiger partial charge in [0.05, 0.1) is 37.1 Å². The van der Waals surface area contributed by atoms with Crippen LogP contribution in [0.1, 0.15) is 107 Å². The highest BCUT2D eigenvalue weighted by molar-refractivity contribution is 7.86. The summed E-state index contributed by atoms with van der Waals surface area (Å²) in [5, 5.41) is 0. The zero-order valence-electron chi connectivity index (χ0n) is 40.7. The van der Waals surface area contributed by atoms with Gasteiger partial charge >= 0.3 is 0 Å². The summed E-state index contributed by atoms with van der Waals surface area (Å²) >= 11 is 0. The van der Waals surface area contributed by atoms with Gasteiger partial charge in [-0.1, -0.05) is 36.4 Å². The molecule has 0 spiro atoms. The molecular weight excluding hydrogens is 991 g/mol. The molecule has 3 atom stereocenters. The highest BCUT2D eigenvalue weighted by atomic mass is 32.2. The molecule has 3 heterocycles. The Hall–Kier alpha value is -5.58. The first-order chi connectivity index (χ1) is 34.3. The zero-order chi connectivity index (χ0) is 51.5. The van der Waals surface area contributed by atoms with Crippen molar-refractivity contribution in [2.24, 2.45) is 15.0 Å². The summed E-state index contributed by atoms with van der Waals surface area (Å²) in [4.78, 5) is 15.1. The number of unbranched alkanes of at least 4 members (excludes halogenated alkanes) is 3. The maximum Gasteiger partial charge on any atom is 0.264 e. The molecule has 390 valence electrons. The van der Waals surface area contributed by atoms with E-state index in [4.69, 9.17) is 57.1 Å². The second-order valence-corrected chi connectivity index (χ2v) is 22.8. The molecule has 4 aromatic carbocycles. The lowest BCUT2D eigenvalue weighted by atomic mass is 9.84. The van der Waals surface area contributed by atoms with Crippen molar-refractivity contribution < 1.29 is 67.3 Å². The number of hydrogen-bond acceptors (Lipinski definition) is 15. The summed E-state index contributed by atoms with van der Waals surface area (Å²) in [6.07, 6.45) is 3.52. The van der Waals surface area contributed by atoms with Crippen LogP contribution < -0.4 is 14.2 Å². The van der Waals surface area contributed by atoms with Crippen molar-refractivity contribution in [3.63, 3.8) is 0 Å². The Kier molecular flexibility index (Phi) is 18.4. The zero-order valence-corrected chi connectivity index (χ0v) is 43.1. The van der Waals surface area contributed by atoms with Crippen LogP contribution in [-0.4, -0.2) is 114 Å². The lowest BCUT2D eigenvalue weighted by Crippen LogP contribution is -2.16. The number of hydrogen-bond donors (Lipinski definition) is 3. The van der Waals surface area contributed by atoms with Crippen LogP contribution in [-0.2, 0) is 63.8 Å². The lowest BCUT2D eigenvalue weighted by Gasteiger charge is -2.22. The second-order valence-electron chi connectivity index (χ2n) is 18.1. The molecule has 0 fully saturated rings. The van der Waals surface area contributed by atoms with Crippen LogP contribution in [0, 0.1) is 20.8 Å². The maximum atomic E-state index is 11.1. The molecule has 18 nitrogen and oxygen atoms in total. The highest BCUT2D eigenvalue weighted by Gasteiger charge is 2.29. The third-order valence-corrected chi connectivity index (χ3v) is 15.2. The van der Waals surface area contributed by atoms with Crippen molar-refractivity contribution in [1.82, 2.24) is 0 Å². The van der Waals surface area contributed by atoms with E-state index in [0.717, 1.165) is 50.1 Å². The van der Waals surface area contributed by atoms with Gasteiger partial charge < -0.3 is 28.4 Å². The number of nitrogens with zero attached hydrogens (tertiary/aromatic N) is 3. The lowest BCUT2D eigenvalue weighted by molar-refractivity contribution is 0.304. The Morgan fingerprint density at radius 3 is 1.00 bits per heavy atom. The quantitative estimate of drug-likeness (QED) is 0.0379. The van der Waals surface area contributed by atoms with Crippen LogP contribution in [0.2, 0.25) is 0 Å². The first kappa shape index (κ1) is 54.2. The van der Waals surface area contributed by atoms with Crippen LogP contribution >= 0.6 is 0 Å². The van der Waals surface area contributed by atoms with Crippen molar-refractivity contribution in [3.05, 3.63) is 123 Å². The molecular formula is C51H63N3O15S3. The Bertz CT molecular complexity index is 2660. The molecule has 21 heteroatoms. The first-order valence-electron chi connectivity index (χ1n) is 24.0. The third-order valence-electron chi connectivity index (χ3n) is 12.7. The van der Waals surface area contributed by atoms with Gasteiger partial charge in [-0.25, -0.2) is 15.0 Å². The summed E-state index contributed by atoms with van der Waals surface area (Å²) in [5.74, 6) is 2.71. The van der Waals surface area contributed by atoms with E-state index in [1.165, 1.54) is 0 Å². The van der Waals surface area contributed by atoms with Gasteiger partial charge in [-0.15, -0.1) is 0 Å². The van der Waals surface area contributed by atoms with Gasteiger partial charge in [0.1, 0.15) is 55.2 Å². The molecule has 0 aliphatic carbocycles. The molecule has 0 saturated carbocycles. The van der Waals surface area contributed by atoms with Gasteiger partial charge in [-0.05, 0) is 146 Å². The summed E-state index contributed by atoms with van der Waals surface area (Å²) in [5.41, 5.74) is 9.10. The Morgan fingerprint density at radius 1 is 0.458 bits per heavy atom. The smallest absolute Gasteiger partial charge is 0.264 e. The van der Waals surface area contributed by atoms with Gasteiger partial charge in [0.15, 0.2) is 17.7 Å². The number of rotatable bonds is 27. The van der Waals surface area contributed by atoms with Crippen molar-refractivity contribution in [2.75, 3.05) is 56.9 Å². The minimum Gasteiger partial charge on any atom is -0.494 e. The van der Waals surface area contributed by atoms with E-state index < -0.39 is 30.4 Å². The van der Waals surface area contributed by atoms with E-state index in [-0.39, 0.29) is 54.6 Å². The van der Waals surface area contributed by atoms with E-state index in [1.54, 1.807) is 0 Å². The average Bonchev–Trinajstić information content (AvgIpc) is 4.12. The molecule has 7 rings (SSSR count). The molecule has 4 aromatic rings.